The monoisotopic (exact) mass is 457 g/mol. The maximum atomic E-state index is 12.1. The second-order valence-electron chi connectivity index (χ2n) is 7.64. The van der Waals surface area contributed by atoms with Crippen LogP contribution in [0.3, 0.4) is 0 Å². The van der Waals surface area contributed by atoms with E-state index >= 15 is 0 Å². The van der Waals surface area contributed by atoms with Crippen molar-refractivity contribution in [3.63, 3.8) is 0 Å². The van der Waals surface area contributed by atoms with Crippen LogP contribution in [0.4, 0.5) is 0 Å². The molecule has 0 N–H and O–H groups in total. The summed E-state index contributed by atoms with van der Waals surface area (Å²) in [6, 6.07) is 9.77. The van der Waals surface area contributed by atoms with E-state index in [0.29, 0.717) is 23.3 Å². The molecule has 0 amide bonds. The molecule has 8 heteroatoms. The van der Waals surface area contributed by atoms with Gasteiger partial charge in [-0.05, 0) is 30.0 Å². The van der Waals surface area contributed by atoms with Crippen molar-refractivity contribution in [1.29, 1.82) is 0 Å². The summed E-state index contributed by atoms with van der Waals surface area (Å²) in [6.45, 7) is 2.71. The van der Waals surface area contributed by atoms with E-state index in [9.17, 15) is 4.79 Å². The van der Waals surface area contributed by atoms with E-state index in [1.807, 2.05) is 23.6 Å². The normalized spacial score (nSPS) is 21.2. The fourth-order valence-electron chi connectivity index (χ4n) is 4.36. The first-order valence-corrected chi connectivity index (χ1v) is 11.3. The van der Waals surface area contributed by atoms with Gasteiger partial charge in [-0.2, -0.15) is 0 Å². The molecule has 2 aromatic heterocycles. The van der Waals surface area contributed by atoms with Gasteiger partial charge < -0.3 is 14.3 Å². The highest BCUT2D eigenvalue weighted by atomic mass is 35.5. The maximum absolute atomic E-state index is 12.1. The smallest absolute Gasteiger partial charge is 0.221 e. The molecule has 0 aliphatic carbocycles. The topological polar surface area (TPSA) is 64.6 Å². The molecule has 0 spiro atoms. The lowest BCUT2D eigenvalue weighted by atomic mass is 9.99. The van der Waals surface area contributed by atoms with Crippen molar-refractivity contribution in [1.82, 2.24) is 14.9 Å². The molecule has 1 aromatic carbocycles. The number of hydrogen-bond donors (Lipinski definition) is 0. The van der Waals surface area contributed by atoms with Gasteiger partial charge in [0.2, 0.25) is 5.88 Å². The Hall–Kier alpha value is -2.48. The first-order chi connectivity index (χ1) is 15.0. The number of carbonyl (C=O) groups is 1. The van der Waals surface area contributed by atoms with Gasteiger partial charge in [-0.25, -0.2) is 9.97 Å². The van der Waals surface area contributed by atoms with Gasteiger partial charge in [0, 0.05) is 29.7 Å². The minimum absolute atomic E-state index is 0.0539. The number of halogens is 1. The quantitative estimate of drug-likeness (QED) is 0.464. The Bertz CT molecular complexity index is 1050. The lowest BCUT2D eigenvalue weighted by molar-refractivity contribution is -0.113. The van der Waals surface area contributed by atoms with E-state index in [1.54, 1.807) is 20.4 Å². The van der Waals surface area contributed by atoms with Gasteiger partial charge >= 0.3 is 0 Å². The zero-order valence-electron chi connectivity index (χ0n) is 17.6. The number of rotatable bonds is 7. The fourth-order valence-corrected chi connectivity index (χ4v) is 5.30. The van der Waals surface area contributed by atoms with Gasteiger partial charge in [0.1, 0.15) is 22.2 Å². The minimum atomic E-state index is -0.211. The third-order valence-corrected chi connectivity index (χ3v) is 6.99. The zero-order valence-corrected chi connectivity index (χ0v) is 19.2. The van der Waals surface area contributed by atoms with Gasteiger partial charge in [0.25, 0.3) is 0 Å². The lowest BCUT2D eigenvalue weighted by Crippen LogP contribution is -2.34. The van der Waals surface area contributed by atoms with E-state index in [2.05, 4.69) is 33.9 Å². The molecule has 0 radical (unpaired) electrons. The van der Waals surface area contributed by atoms with Crippen LogP contribution in [-0.4, -0.2) is 41.4 Å². The molecule has 1 saturated heterocycles. The largest absolute Gasteiger partial charge is 0.496 e. The number of thiazole rings is 1. The summed E-state index contributed by atoms with van der Waals surface area (Å²) in [5.74, 6) is 1.43. The molecule has 162 valence electrons. The number of aldehydes is 1. The van der Waals surface area contributed by atoms with E-state index in [0.717, 1.165) is 34.4 Å². The van der Waals surface area contributed by atoms with Crippen molar-refractivity contribution in [3.05, 3.63) is 58.2 Å². The molecular weight excluding hydrogens is 434 g/mol. The molecule has 3 atom stereocenters. The molecule has 3 heterocycles. The molecule has 1 fully saturated rings. The number of carbonyl (C=O) groups excluding carboxylic acids is 1. The van der Waals surface area contributed by atoms with Gasteiger partial charge in [-0.15, -0.1) is 11.3 Å². The van der Waals surface area contributed by atoms with E-state index < -0.39 is 0 Å². The number of methoxy groups -OCH3 is 2. The highest BCUT2D eigenvalue weighted by molar-refractivity contribution is 7.13. The lowest BCUT2D eigenvalue weighted by Gasteiger charge is -2.29. The Morgan fingerprint density at radius 2 is 2.13 bits per heavy atom. The summed E-state index contributed by atoms with van der Waals surface area (Å²) in [7, 11) is 3.24. The summed E-state index contributed by atoms with van der Waals surface area (Å²) in [6.07, 6.45) is 3.53. The van der Waals surface area contributed by atoms with Gasteiger partial charge in [-0.1, -0.05) is 36.7 Å². The molecule has 31 heavy (non-hydrogen) atoms. The summed E-state index contributed by atoms with van der Waals surface area (Å²) in [5, 5.41) is 3.20. The Morgan fingerprint density at radius 3 is 2.81 bits per heavy atom. The number of pyridine rings is 1. The number of likely N-dealkylation sites (tertiary alicyclic amines) is 1. The van der Waals surface area contributed by atoms with Crippen LogP contribution in [0.2, 0.25) is 5.15 Å². The number of nitrogens with zero attached hydrogens (tertiary/aromatic N) is 3. The summed E-state index contributed by atoms with van der Waals surface area (Å²) in [5.41, 5.74) is 2.99. The third kappa shape index (κ3) is 4.31. The summed E-state index contributed by atoms with van der Waals surface area (Å²) in [4.78, 5) is 23.0. The summed E-state index contributed by atoms with van der Waals surface area (Å²) >= 11 is 7.52. The van der Waals surface area contributed by atoms with Crippen LogP contribution in [0, 0.1) is 5.92 Å². The average molecular weight is 458 g/mol. The van der Waals surface area contributed by atoms with Gasteiger partial charge in [0.05, 0.1) is 25.8 Å². The molecule has 6 nitrogen and oxygen atoms in total. The van der Waals surface area contributed by atoms with Crippen LogP contribution >= 0.6 is 22.9 Å². The second-order valence-corrected chi connectivity index (χ2v) is 8.89. The fraction of sp³-hybridized carbons (Fsp3) is 0.348. The number of ether oxygens (including phenoxy) is 2. The van der Waals surface area contributed by atoms with Crippen LogP contribution in [0.1, 0.15) is 30.5 Å². The highest BCUT2D eigenvalue weighted by Crippen LogP contribution is 2.46. The standard InChI is InChI=1S/C23H24ClN3O3S/c1-14-9-17(21-19(29-2)7-8-25-22(21)30-3)27(18(14)12-28)11-15-5-4-6-16(10-15)23-26-20(24)13-31-23/h4-8,10,12-14,17-18H,9,11H2,1-3H3. The average Bonchev–Trinajstić information content (AvgIpc) is 3.36. The van der Waals surface area contributed by atoms with Crippen molar-refractivity contribution in [2.45, 2.75) is 32.0 Å². The van der Waals surface area contributed by atoms with Crippen molar-refractivity contribution < 1.29 is 14.3 Å². The molecular formula is C23H24ClN3O3S. The van der Waals surface area contributed by atoms with Crippen molar-refractivity contribution in [3.8, 4) is 22.2 Å². The molecule has 1 aliphatic heterocycles. The molecule has 3 unspecified atom stereocenters. The van der Waals surface area contributed by atoms with Gasteiger partial charge in [-0.3, -0.25) is 4.90 Å². The Morgan fingerprint density at radius 1 is 1.29 bits per heavy atom. The molecule has 4 rings (SSSR count). The zero-order chi connectivity index (χ0) is 22.0. The van der Waals surface area contributed by atoms with Crippen LogP contribution in [-0.2, 0) is 11.3 Å². The minimum Gasteiger partial charge on any atom is -0.496 e. The first kappa shape index (κ1) is 21.7. The van der Waals surface area contributed by atoms with Crippen LogP contribution in [0.5, 0.6) is 11.6 Å². The van der Waals surface area contributed by atoms with Crippen LogP contribution in [0.15, 0.2) is 41.9 Å². The van der Waals surface area contributed by atoms with Crippen molar-refractivity contribution in [2.75, 3.05) is 14.2 Å². The van der Waals surface area contributed by atoms with E-state index in [-0.39, 0.29) is 18.0 Å². The number of hydrogen-bond acceptors (Lipinski definition) is 7. The third-order valence-electron chi connectivity index (χ3n) is 5.78. The van der Waals surface area contributed by atoms with Crippen LogP contribution in [0.25, 0.3) is 10.6 Å². The molecule has 3 aromatic rings. The van der Waals surface area contributed by atoms with Crippen molar-refractivity contribution in [2.24, 2.45) is 5.92 Å². The summed E-state index contributed by atoms with van der Waals surface area (Å²) < 4.78 is 11.2. The predicted molar refractivity (Wildman–Crippen MR) is 122 cm³/mol. The maximum Gasteiger partial charge on any atom is 0.221 e. The number of benzene rings is 1. The Balaban J connectivity index is 1.71. The van der Waals surface area contributed by atoms with Crippen molar-refractivity contribution >= 4 is 29.2 Å². The SMILES string of the molecule is COc1ccnc(OC)c1C1CC(C)C(C=O)N1Cc1cccc(-c2nc(Cl)cs2)c1. The Kier molecular flexibility index (Phi) is 6.55. The Labute approximate surface area is 190 Å². The second kappa shape index (κ2) is 9.34. The van der Waals surface area contributed by atoms with Gasteiger partial charge in [0.15, 0.2) is 0 Å². The molecule has 0 bridgehead atoms. The number of aromatic nitrogens is 2. The molecule has 1 aliphatic rings. The van der Waals surface area contributed by atoms with E-state index in [1.165, 1.54) is 11.3 Å². The molecule has 0 saturated carbocycles. The van der Waals surface area contributed by atoms with Crippen LogP contribution < -0.4 is 9.47 Å². The first-order valence-electron chi connectivity index (χ1n) is 10.0. The highest BCUT2D eigenvalue weighted by Gasteiger charge is 2.42. The predicted octanol–water partition coefficient (Wildman–Crippen LogP) is 5.03. The van der Waals surface area contributed by atoms with E-state index in [4.69, 9.17) is 21.1 Å².